The number of pyridine rings is 1. The highest BCUT2D eigenvalue weighted by molar-refractivity contribution is 7.71. The van der Waals surface area contributed by atoms with Crippen molar-refractivity contribution in [3.8, 4) is 0 Å². The predicted molar refractivity (Wildman–Crippen MR) is 33.6 cm³/mol. The van der Waals surface area contributed by atoms with Gasteiger partial charge in [-0.15, -0.1) is 0 Å². The van der Waals surface area contributed by atoms with E-state index in [2.05, 4.69) is 5.84 Å². The van der Waals surface area contributed by atoms with Crippen molar-refractivity contribution in [3.63, 3.8) is 0 Å². The van der Waals surface area contributed by atoms with Crippen molar-refractivity contribution < 1.29 is 5.84 Å². The Balaban J connectivity index is 3.35. The minimum absolute atomic E-state index is 0.757. The van der Waals surface area contributed by atoms with Crippen LogP contribution in [0.3, 0.4) is 0 Å². The van der Waals surface area contributed by atoms with Crippen molar-refractivity contribution in [2.45, 2.75) is 0 Å². The fourth-order valence-electron chi connectivity index (χ4n) is 0.461. The van der Waals surface area contributed by atoms with E-state index >= 15 is 0 Å². The second-order valence-corrected chi connectivity index (χ2v) is 1.93. The Morgan fingerprint density at radius 3 is 2.62 bits per heavy atom. The van der Waals surface area contributed by atoms with E-state index in [1.165, 1.54) is 0 Å². The van der Waals surface area contributed by atoms with Crippen LogP contribution in [0, 0.1) is 4.64 Å². The zero-order valence-electron chi connectivity index (χ0n) is 4.37. The molecule has 1 heterocycles. The van der Waals surface area contributed by atoms with E-state index < -0.39 is 0 Å². The van der Waals surface area contributed by atoms with Gasteiger partial charge in [-0.25, -0.2) is 0 Å². The quantitative estimate of drug-likeness (QED) is 0.497. The fourth-order valence-corrected chi connectivity index (χ4v) is 0.600. The zero-order chi connectivity index (χ0) is 5.98. The number of quaternary nitrogens is 1. The van der Waals surface area contributed by atoms with Gasteiger partial charge in [0.05, 0.1) is 6.20 Å². The molecule has 2 nitrogen and oxygen atoms in total. The van der Waals surface area contributed by atoms with Crippen LogP contribution in [0.1, 0.15) is 0 Å². The molecule has 0 aliphatic carbocycles. The average molecular weight is 127 g/mol. The monoisotopic (exact) mass is 127 g/mol. The maximum absolute atomic E-state index is 4.85. The molecule has 0 aliphatic rings. The minimum Gasteiger partial charge on any atom is -0.250 e. The second-order valence-electron chi connectivity index (χ2n) is 1.51. The van der Waals surface area contributed by atoms with Gasteiger partial charge < -0.3 is 0 Å². The van der Waals surface area contributed by atoms with E-state index in [0.717, 1.165) is 4.64 Å². The van der Waals surface area contributed by atoms with Gasteiger partial charge in [0.15, 0.2) is 4.64 Å². The van der Waals surface area contributed by atoms with E-state index in [1.54, 1.807) is 4.68 Å². The Hall–Kier alpha value is -0.670. The van der Waals surface area contributed by atoms with Gasteiger partial charge in [0.1, 0.15) is 0 Å². The highest BCUT2D eigenvalue weighted by atomic mass is 32.1. The highest BCUT2D eigenvalue weighted by Gasteiger charge is 1.79. The van der Waals surface area contributed by atoms with Crippen molar-refractivity contribution in [1.82, 2.24) is 4.68 Å². The molecule has 8 heavy (non-hydrogen) atoms. The minimum atomic E-state index is 0.757. The third kappa shape index (κ3) is 0.936. The van der Waals surface area contributed by atoms with Crippen molar-refractivity contribution in [1.29, 1.82) is 0 Å². The van der Waals surface area contributed by atoms with Crippen LogP contribution >= 0.6 is 12.2 Å². The van der Waals surface area contributed by atoms with Crippen molar-refractivity contribution in [2.75, 3.05) is 0 Å². The molecule has 1 rings (SSSR count). The molecular formula is C5H7N2S+. The first kappa shape index (κ1) is 5.47. The lowest BCUT2D eigenvalue weighted by molar-refractivity contribution is -0.441. The largest absolute Gasteiger partial charge is 0.250 e. The third-order valence-corrected chi connectivity index (χ3v) is 1.27. The first-order valence-corrected chi connectivity index (χ1v) is 2.70. The number of hydrogen-bond donors (Lipinski definition) is 1. The summed E-state index contributed by atoms with van der Waals surface area (Å²) >= 11 is 4.85. The van der Waals surface area contributed by atoms with Gasteiger partial charge >= 0.3 is 0 Å². The van der Waals surface area contributed by atoms with Crippen LogP contribution in [0.15, 0.2) is 24.4 Å². The first-order valence-electron chi connectivity index (χ1n) is 2.29. The fraction of sp³-hybridized carbons (Fsp3) is 0. The van der Waals surface area contributed by atoms with Gasteiger partial charge in [-0.1, -0.05) is 18.3 Å². The summed E-state index contributed by atoms with van der Waals surface area (Å²) in [6.07, 6.45) is 1.82. The van der Waals surface area contributed by atoms with Crippen LogP contribution in [0.25, 0.3) is 0 Å². The molecule has 0 fully saturated rings. The summed E-state index contributed by atoms with van der Waals surface area (Å²) in [7, 11) is 0. The van der Waals surface area contributed by atoms with Gasteiger partial charge in [0.2, 0.25) is 0 Å². The number of hydrogen-bond acceptors (Lipinski definition) is 1. The molecule has 0 aliphatic heterocycles. The molecule has 3 N–H and O–H groups in total. The van der Waals surface area contributed by atoms with Gasteiger partial charge in [-0.05, 0) is 12.1 Å². The van der Waals surface area contributed by atoms with Gasteiger partial charge in [-0.3, -0.25) is 5.84 Å². The summed E-state index contributed by atoms with van der Waals surface area (Å²) in [4.78, 5) is 0. The highest BCUT2D eigenvalue weighted by Crippen LogP contribution is 1.83. The molecule has 1 aromatic rings. The Morgan fingerprint density at radius 1 is 1.50 bits per heavy atom. The summed E-state index contributed by atoms with van der Waals surface area (Å²) in [5, 5.41) is 0. The Labute approximate surface area is 52.5 Å². The molecule has 1 aromatic heterocycles. The van der Waals surface area contributed by atoms with Crippen LogP contribution in [0.5, 0.6) is 0 Å². The molecular weight excluding hydrogens is 120 g/mol. The van der Waals surface area contributed by atoms with E-state index in [1.807, 2.05) is 24.4 Å². The van der Waals surface area contributed by atoms with Gasteiger partial charge in [0.25, 0.3) is 0 Å². The van der Waals surface area contributed by atoms with Crippen molar-refractivity contribution in [3.05, 3.63) is 29.0 Å². The van der Waals surface area contributed by atoms with Gasteiger partial charge in [-0.2, -0.15) is 4.68 Å². The molecule has 0 bridgehead atoms. The number of rotatable bonds is 0. The molecule has 42 valence electrons. The Kier molecular flexibility index (Phi) is 1.41. The molecule has 0 saturated carbocycles. The van der Waals surface area contributed by atoms with E-state index in [4.69, 9.17) is 12.2 Å². The van der Waals surface area contributed by atoms with E-state index in [0.29, 0.717) is 0 Å². The van der Waals surface area contributed by atoms with Gasteiger partial charge in [0, 0.05) is 0 Å². The van der Waals surface area contributed by atoms with E-state index in [-0.39, 0.29) is 0 Å². The van der Waals surface area contributed by atoms with Crippen molar-refractivity contribution >= 4 is 12.2 Å². The molecule has 0 unspecified atom stereocenters. The first-order chi connectivity index (χ1) is 3.80. The van der Waals surface area contributed by atoms with Crippen LogP contribution < -0.4 is 5.84 Å². The summed E-state index contributed by atoms with van der Waals surface area (Å²) in [6, 6.07) is 5.62. The summed E-state index contributed by atoms with van der Waals surface area (Å²) in [6.45, 7) is 0. The van der Waals surface area contributed by atoms with Crippen LogP contribution in [-0.4, -0.2) is 4.68 Å². The second kappa shape index (κ2) is 2.07. The Bertz CT molecular complexity index is 228. The molecule has 0 aromatic carbocycles. The zero-order valence-corrected chi connectivity index (χ0v) is 5.19. The van der Waals surface area contributed by atoms with Crippen LogP contribution in [-0.2, 0) is 0 Å². The summed E-state index contributed by atoms with van der Waals surface area (Å²) in [5.74, 6) is 3.63. The van der Waals surface area contributed by atoms with Crippen LogP contribution in [0.4, 0.5) is 0 Å². The predicted octanol–water partition coefficient (Wildman–Crippen LogP) is 0.223. The lowest BCUT2D eigenvalue weighted by Crippen LogP contribution is -2.56. The summed E-state index contributed by atoms with van der Waals surface area (Å²) < 4.78 is 2.41. The standard InChI is InChI=1S/C5H6N2S/c6-7-4-2-1-3-5(7)8/h1-4H,6H2/p+1. The normalized spacial score (nSPS) is 9.12. The maximum atomic E-state index is 4.85. The van der Waals surface area contributed by atoms with Crippen molar-refractivity contribution in [2.24, 2.45) is 0 Å². The topological polar surface area (TPSA) is 32.6 Å². The molecule has 0 spiro atoms. The molecule has 3 heteroatoms. The molecule has 0 amide bonds. The lowest BCUT2D eigenvalue weighted by atomic mass is 10.5. The summed E-state index contributed by atoms with van der Waals surface area (Å²) in [5.41, 5.74) is 0. The van der Waals surface area contributed by atoms with Crippen LogP contribution in [0.2, 0.25) is 0 Å². The smallest absolute Gasteiger partial charge is 0.156 e. The average Bonchev–Trinajstić information content (AvgIpc) is 1.77. The number of nitrogens with zero attached hydrogens (tertiary/aromatic N) is 1. The SMILES string of the molecule is [NH3+]n1ccccc1=S. The lowest BCUT2D eigenvalue weighted by Gasteiger charge is -1.88. The molecule has 0 atom stereocenters. The molecule has 0 saturated heterocycles. The molecule has 0 radical (unpaired) electrons. The number of aromatic nitrogens is 1. The Morgan fingerprint density at radius 2 is 2.25 bits per heavy atom. The van der Waals surface area contributed by atoms with E-state index in [9.17, 15) is 0 Å². The maximum Gasteiger partial charge on any atom is 0.156 e. The third-order valence-electron chi connectivity index (χ3n) is 0.899.